The fourth-order valence-corrected chi connectivity index (χ4v) is 6.48. The smallest absolute Gasteiger partial charge is 0.220 e. The van der Waals surface area contributed by atoms with Gasteiger partial charge in [0.1, 0.15) is 0 Å². The van der Waals surface area contributed by atoms with E-state index < -0.39 is 12.1 Å². The van der Waals surface area contributed by atoms with Gasteiger partial charge < -0.3 is 15.5 Å². The van der Waals surface area contributed by atoms with Crippen molar-refractivity contribution in [3.8, 4) is 0 Å². The van der Waals surface area contributed by atoms with E-state index in [-0.39, 0.29) is 12.5 Å². The highest BCUT2D eigenvalue weighted by molar-refractivity contribution is 5.76. The van der Waals surface area contributed by atoms with Crippen molar-refractivity contribution in [2.45, 2.75) is 225 Å². The van der Waals surface area contributed by atoms with Gasteiger partial charge in [0.2, 0.25) is 5.91 Å². The first-order valence-corrected chi connectivity index (χ1v) is 22.7. The molecule has 2 unspecified atom stereocenters. The maximum absolute atomic E-state index is 12.4. The van der Waals surface area contributed by atoms with Crippen molar-refractivity contribution in [2.75, 3.05) is 6.61 Å². The number of carbonyl (C=O) groups is 1. The molecule has 0 fully saturated rings. The van der Waals surface area contributed by atoms with E-state index in [9.17, 15) is 15.0 Å². The summed E-state index contributed by atoms with van der Waals surface area (Å²) in [5.41, 5.74) is 0. The van der Waals surface area contributed by atoms with Crippen LogP contribution in [0.25, 0.3) is 0 Å². The highest BCUT2D eigenvalue weighted by Gasteiger charge is 2.17. The van der Waals surface area contributed by atoms with Crippen LogP contribution in [0.2, 0.25) is 0 Å². The topological polar surface area (TPSA) is 69.6 Å². The van der Waals surface area contributed by atoms with Gasteiger partial charge in [0.25, 0.3) is 0 Å². The summed E-state index contributed by atoms with van der Waals surface area (Å²) in [4.78, 5) is 12.4. The summed E-state index contributed by atoms with van der Waals surface area (Å²) in [5, 5.41) is 23.0. The Bertz CT molecular complexity index is 930. The Labute approximate surface area is 329 Å². The van der Waals surface area contributed by atoms with Gasteiger partial charge in [-0.25, -0.2) is 0 Å². The lowest BCUT2D eigenvalue weighted by atomic mass is 10.0. The quantitative estimate of drug-likeness (QED) is 0.0433. The molecule has 0 aromatic rings. The van der Waals surface area contributed by atoms with Crippen molar-refractivity contribution in [3.63, 3.8) is 0 Å². The Morgan fingerprint density at radius 1 is 0.472 bits per heavy atom. The minimum absolute atomic E-state index is 0.0788. The number of hydrogen-bond acceptors (Lipinski definition) is 3. The van der Waals surface area contributed by atoms with Crippen molar-refractivity contribution in [2.24, 2.45) is 0 Å². The maximum atomic E-state index is 12.4. The molecule has 0 aliphatic heterocycles. The maximum Gasteiger partial charge on any atom is 0.220 e. The highest BCUT2D eigenvalue weighted by atomic mass is 16.3. The predicted molar refractivity (Wildman–Crippen MR) is 234 cm³/mol. The molecule has 0 radical (unpaired) electrons. The Hall–Kier alpha value is -2.17. The number of unbranched alkanes of at least 4 members (excludes halogenated alkanes) is 23. The fourth-order valence-electron chi connectivity index (χ4n) is 6.48. The van der Waals surface area contributed by atoms with Gasteiger partial charge in [0.15, 0.2) is 0 Å². The van der Waals surface area contributed by atoms with Crippen molar-refractivity contribution in [1.82, 2.24) is 5.32 Å². The summed E-state index contributed by atoms with van der Waals surface area (Å²) in [7, 11) is 0. The van der Waals surface area contributed by atoms with Gasteiger partial charge in [0, 0.05) is 6.42 Å². The lowest BCUT2D eigenvalue weighted by molar-refractivity contribution is -0.123. The Kier molecular flexibility index (Phi) is 42.4. The third-order valence-electron chi connectivity index (χ3n) is 9.92. The van der Waals surface area contributed by atoms with E-state index in [4.69, 9.17) is 0 Å². The van der Waals surface area contributed by atoms with Crippen LogP contribution in [0, 0.1) is 0 Å². The molecule has 0 rings (SSSR count). The number of aliphatic hydroxyl groups is 2. The Morgan fingerprint density at radius 3 is 1.32 bits per heavy atom. The van der Waals surface area contributed by atoms with Crippen LogP contribution in [-0.2, 0) is 4.79 Å². The zero-order chi connectivity index (χ0) is 38.6. The van der Waals surface area contributed by atoms with Gasteiger partial charge in [-0.2, -0.15) is 0 Å². The summed E-state index contributed by atoms with van der Waals surface area (Å²) in [6.07, 6.45) is 63.0. The first-order chi connectivity index (χ1) is 26.2. The zero-order valence-electron chi connectivity index (χ0n) is 35.0. The van der Waals surface area contributed by atoms with Crippen molar-refractivity contribution in [1.29, 1.82) is 0 Å². The average Bonchev–Trinajstić information content (AvgIpc) is 3.16. The molecule has 0 aliphatic rings. The van der Waals surface area contributed by atoms with E-state index >= 15 is 0 Å². The lowest BCUT2D eigenvalue weighted by Gasteiger charge is -2.19. The van der Waals surface area contributed by atoms with E-state index in [1.54, 1.807) is 6.08 Å². The Morgan fingerprint density at radius 2 is 0.849 bits per heavy atom. The van der Waals surface area contributed by atoms with Gasteiger partial charge in [0.05, 0.1) is 18.8 Å². The molecule has 2 atom stereocenters. The Balaban J connectivity index is 3.60. The lowest BCUT2D eigenvalue weighted by Crippen LogP contribution is -2.45. The van der Waals surface area contributed by atoms with E-state index in [0.29, 0.717) is 6.42 Å². The second-order valence-electron chi connectivity index (χ2n) is 15.1. The monoisotopic (exact) mass is 738 g/mol. The van der Waals surface area contributed by atoms with Gasteiger partial charge in [-0.15, -0.1) is 0 Å². The normalized spacial score (nSPS) is 13.7. The first kappa shape index (κ1) is 50.8. The highest BCUT2D eigenvalue weighted by Crippen LogP contribution is 2.14. The molecule has 0 aromatic heterocycles. The summed E-state index contributed by atoms with van der Waals surface area (Å²) in [5.74, 6) is -0.0788. The number of carbonyl (C=O) groups excluding carboxylic acids is 1. The standard InChI is InChI=1S/C49H87NO3/c1-3-5-7-9-11-13-15-17-19-21-22-23-24-25-26-27-28-29-31-33-35-37-39-41-43-45-49(53)50-47(46-51)48(52)44-42-40-38-36-34-32-30-20-18-16-14-12-10-8-6-4-2/h5,7,11,13,17,19,22-23,34,36,42,44,47-48,51-52H,3-4,6,8-10,12,14-16,18,20-21,24-33,35,37-41,43,45-46H2,1-2H3,(H,50,53)/b7-5-,13-11-,19-17-,23-22-,36-34+,44-42+. The van der Waals surface area contributed by atoms with Gasteiger partial charge in [-0.1, -0.05) is 209 Å². The minimum Gasteiger partial charge on any atom is -0.394 e. The molecule has 0 bridgehead atoms. The fraction of sp³-hybridized carbons (Fsp3) is 0.735. The summed E-state index contributed by atoms with van der Waals surface area (Å²) in [6, 6.07) is -0.642. The summed E-state index contributed by atoms with van der Waals surface area (Å²) < 4.78 is 0. The SMILES string of the molecule is CC/C=C\C/C=C\C/C=C\C/C=C\CCCCCCCCCCCCCCC(=O)NC(CO)C(O)/C=C/CC/C=C/CCCCCCCCCCCC. The van der Waals surface area contributed by atoms with Crippen LogP contribution in [0.3, 0.4) is 0 Å². The number of aliphatic hydroxyl groups excluding tert-OH is 2. The van der Waals surface area contributed by atoms with Crippen LogP contribution in [0.5, 0.6) is 0 Å². The second-order valence-corrected chi connectivity index (χ2v) is 15.1. The summed E-state index contributed by atoms with van der Waals surface area (Å²) in [6.45, 7) is 4.18. The van der Waals surface area contributed by atoms with E-state index in [1.807, 2.05) is 6.08 Å². The molecule has 53 heavy (non-hydrogen) atoms. The molecule has 0 aliphatic carbocycles. The molecule has 306 valence electrons. The van der Waals surface area contributed by atoms with Crippen LogP contribution in [0.15, 0.2) is 72.9 Å². The molecule has 1 amide bonds. The predicted octanol–water partition coefficient (Wildman–Crippen LogP) is 14.3. The molecule has 0 spiro atoms. The third-order valence-corrected chi connectivity index (χ3v) is 9.92. The molecule has 3 N–H and O–H groups in total. The number of nitrogens with one attached hydrogen (secondary N) is 1. The number of rotatable bonds is 40. The van der Waals surface area contributed by atoms with E-state index in [2.05, 4.69) is 79.9 Å². The minimum atomic E-state index is -0.865. The van der Waals surface area contributed by atoms with Crippen molar-refractivity contribution in [3.05, 3.63) is 72.9 Å². The molecule has 4 nitrogen and oxygen atoms in total. The van der Waals surface area contributed by atoms with Crippen LogP contribution in [0.1, 0.15) is 213 Å². The van der Waals surface area contributed by atoms with Crippen LogP contribution < -0.4 is 5.32 Å². The number of hydrogen-bond donors (Lipinski definition) is 3. The molecule has 0 heterocycles. The van der Waals surface area contributed by atoms with Gasteiger partial charge in [-0.3, -0.25) is 4.79 Å². The van der Waals surface area contributed by atoms with Crippen LogP contribution in [-0.4, -0.2) is 34.9 Å². The summed E-state index contributed by atoms with van der Waals surface area (Å²) >= 11 is 0. The second kappa shape index (κ2) is 44.2. The molecule has 0 saturated heterocycles. The largest absolute Gasteiger partial charge is 0.394 e. The third kappa shape index (κ3) is 40.8. The molecule has 4 heteroatoms. The zero-order valence-corrected chi connectivity index (χ0v) is 35.0. The van der Waals surface area contributed by atoms with Crippen LogP contribution >= 0.6 is 0 Å². The molecular formula is C49H87NO3. The van der Waals surface area contributed by atoms with Gasteiger partial charge >= 0.3 is 0 Å². The van der Waals surface area contributed by atoms with Crippen LogP contribution in [0.4, 0.5) is 0 Å². The number of allylic oxidation sites excluding steroid dienone is 11. The van der Waals surface area contributed by atoms with E-state index in [0.717, 1.165) is 57.8 Å². The number of amides is 1. The average molecular weight is 738 g/mol. The first-order valence-electron chi connectivity index (χ1n) is 22.7. The molecule has 0 saturated carbocycles. The molecular weight excluding hydrogens is 651 g/mol. The van der Waals surface area contributed by atoms with E-state index in [1.165, 1.54) is 135 Å². The van der Waals surface area contributed by atoms with Crippen molar-refractivity contribution < 1.29 is 15.0 Å². The van der Waals surface area contributed by atoms with Crippen molar-refractivity contribution >= 4 is 5.91 Å². The van der Waals surface area contributed by atoms with Gasteiger partial charge in [-0.05, 0) is 70.6 Å². The molecule has 0 aromatic carbocycles.